The number of aliphatic imine (C=N–C) groups is 1. The van der Waals surface area contributed by atoms with E-state index in [4.69, 9.17) is 20.5 Å². The lowest BCUT2D eigenvalue weighted by Gasteiger charge is -2.36. The van der Waals surface area contributed by atoms with Crippen LogP contribution in [0.4, 0.5) is 0 Å². The lowest BCUT2D eigenvalue weighted by molar-refractivity contribution is 0.0657. The maximum absolute atomic E-state index is 12.4. The summed E-state index contributed by atoms with van der Waals surface area (Å²) in [6.07, 6.45) is 1.50. The number of amides is 1. The van der Waals surface area contributed by atoms with Crippen LogP contribution in [-0.2, 0) is 6.54 Å². The Balaban J connectivity index is 1.31. The summed E-state index contributed by atoms with van der Waals surface area (Å²) in [5, 5.41) is 7.85. The Bertz CT molecular complexity index is 1020. The van der Waals surface area contributed by atoms with Gasteiger partial charge < -0.3 is 24.1 Å². The van der Waals surface area contributed by atoms with E-state index in [2.05, 4.69) is 25.3 Å². The summed E-state index contributed by atoms with van der Waals surface area (Å²) in [4.78, 5) is 25.0. The number of nitrogens with one attached hydrogen (secondary N) is 1. The van der Waals surface area contributed by atoms with E-state index in [1.165, 1.54) is 6.26 Å². The number of nitrogens with zero attached hydrogens (tertiary/aromatic N) is 5. The fraction of sp³-hybridized carbons (Fsp3) is 0.300. The van der Waals surface area contributed by atoms with Crippen molar-refractivity contribution in [3.05, 3.63) is 59.3 Å². The van der Waals surface area contributed by atoms with Crippen LogP contribution in [0, 0.1) is 0 Å². The molecular weight excluding hydrogens is 408 g/mol. The number of rotatable bonds is 4. The normalized spacial score (nSPS) is 14.8. The highest BCUT2D eigenvalue weighted by Crippen LogP contribution is 2.20. The highest BCUT2D eigenvalue weighted by molar-refractivity contribution is 6.30. The number of carbonyl (C=O) groups is 1. The van der Waals surface area contributed by atoms with Crippen molar-refractivity contribution in [2.45, 2.75) is 6.54 Å². The standard InChI is InChI=1S/C20H21ClN6O3/c1-22-20(27-9-7-26(8-10-27)19(28)16-6-3-11-29-16)23-13-17-24-18(25-30-17)14-4-2-5-15(21)12-14/h2-6,11-12H,7-10,13H2,1H3,(H,22,23). The number of carbonyl (C=O) groups excluding carboxylic acids is 1. The Morgan fingerprint density at radius 2 is 2.00 bits per heavy atom. The first-order valence-corrected chi connectivity index (χ1v) is 9.89. The number of aromatic nitrogens is 2. The van der Waals surface area contributed by atoms with E-state index in [1.54, 1.807) is 36.2 Å². The maximum Gasteiger partial charge on any atom is 0.289 e. The number of hydrogen-bond acceptors (Lipinski definition) is 6. The molecule has 0 spiro atoms. The molecule has 2 aromatic heterocycles. The van der Waals surface area contributed by atoms with Crippen molar-refractivity contribution in [1.82, 2.24) is 25.3 Å². The molecule has 1 fully saturated rings. The third-order valence-electron chi connectivity index (χ3n) is 4.76. The third-order valence-corrected chi connectivity index (χ3v) is 4.99. The van der Waals surface area contributed by atoms with Crippen LogP contribution in [-0.4, -0.2) is 65.0 Å². The molecule has 4 rings (SSSR count). The Hall–Kier alpha value is -3.33. The molecule has 0 radical (unpaired) electrons. The van der Waals surface area contributed by atoms with E-state index >= 15 is 0 Å². The van der Waals surface area contributed by atoms with E-state index in [0.29, 0.717) is 61.2 Å². The van der Waals surface area contributed by atoms with Gasteiger partial charge in [0.25, 0.3) is 5.91 Å². The molecule has 1 aliphatic rings. The minimum atomic E-state index is -0.0954. The average Bonchev–Trinajstić information content (AvgIpc) is 3.47. The van der Waals surface area contributed by atoms with Gasteiger partial charge in [0.1, 0.15) is 0 Å². The molecule has 3 heterocycles. The fourth-order valence-corrected chi connectivity index (χ4v) is 3.43. The molecule has 0 unspecified atom stereocenters. The maximum atomic E-state index is 12.4. The molecule has 0 saturated carbocycles. The first-order chi connectivity index (χ1) is 14.6. The van der Waals surface area contributed by atoms with Crippen LogP contribution in [0.3, 0.4) is 0 Å². The van der Waals surface area contributed by atoms with Crippen molar-refractivity contribution in [2.24, 2.45) is 4.99 Å². The molecule has 1 N–H and O–H groups in total. The smallest absolute Gasteiger partial charge is 0.289 e. The monoisotopic (exact) mass is 428 g/mol. The van der Waals surface area contributed by atoms with E-state index in [-0.39, 0.29) is 5.91 Å². The van der Waals surface area contributed by atoms with Gasteiger partial charge >= 0.3 is 0 Å². The molecule has 3 aromatic rings. The zero-order valence-electron chi connectivity index (χ0n) is 16.4. The molecule has 9 nitrogen and oxygen atoms in total. The van der Waals surface area contributed by atoms with Gasteiger partial charge in [0, 0.05) is 43.8 Å². The number of halogens is 1. The van der Waals surface area contributed by atoms with E-state index in [9.17, 15) is 4.79 Å². The van der Waals surface area contributed by atoms with Gasteiger partial charge in [-0.2, -0.15) is 4.98 Å². The van der Waals surface area contributed by atoms with Crippen LogP contribution in [0.1, 0.15) is 16.4 Å². The van der Waals surface area contributed by atoms with Crippen LogP contribution in [0.15, 0.2) is 56.6 Å². The SMILES string of the molecule is CN=C(NCc1nc(-c2cccc(Cl)c2)no1)N1CCN(C(=O)c2ccco2)CC1. The van der Waals surface area contributed by atoms with Gasteiger partial charge in [0.05, 0.1) is 12.8 Å². The van der Waals surface area contributed by atoms with Crippen molar-refractivity contribution in [1.29, 1.82) is 0 Å². The molecule has 1 amide bonds. The van der Waals surface area contributed by atoms with Crippen LogP contribution >= 0.6 is 11.6 Å². The van der Waals surface area contributed by atoms with Crippen LogP contribution in [0.25, 0.3) is 11.4 Å². The van der Waals surface area contributed by atoms with Crippen molar-refractivity contribution in [3.63, 3.8) is 0 Å². The fourth-order valence-electron chi connectivity index (χ4n) is 3.24. The van der Waals surface area contributed by atoms with Gasteiger partial charge in [-0.25, -0.2) is 0 Å². The quantitative estimate of drug-likeness (QED) is 0.503. The van der Waals surface area contributed by atoms with Gasteiger partial charge in [-0.3, -0.25) is 9.79 Å². The first-order valence-electron chi connectivity index (χ1n) is 9.51. The summed E-state index contributed by atoms with van der Waals surface area (Å²) >= 11 is 6.02. The Morgan fingerprint density at radius 1 is 1.20 bits per heavy atom. The van der Waals surface area contributed by atoms with Gasteiger partial charge in [0.2, 0.25) is 11.7 Å². The molecule has 30 heavy (non-hydrogen) atoms. The second-order valence-corrected chi connectivity index (χ2v) is 7.12. The van der Waals surface area contributed by atoms with Crippen molar-refractivity contribution in [3.8, 4) is 11.4 Å². The number of furan rings is 1. The number of guanidine groups is 1. The Labute approximate surface area is 178 Å². The molecule has 10 heteroatoms. The Kier molecular flexibility index (Phi) is 5.99. The summed E-state index contributed by atoms with van der Waals surface area (Å²) in [5.41, 5.74) is 0.791. The summed E-state index contributed by atoms with van der Waals surface area (Å²) in [6.45, 7) is 2.82. The number of hydrogen-bond donors (Lipinski definition) is 1. The van der Waals surface area contributed by atoms with E-state index in [1.807, 2.05) is 12.1 Å². The molecule has 1 aliphatic heterocycles. The topological polar surface area (TPSA) is 100 Å². The summed E-state index contributed by atoms with van der Waals surface area (Å²) in [5.74, 6) is 1.90. The average molecular weight is 429 g/mol. The minimum Gasteiger partial charge on any atom is -0.459 e. The molecular formula is C20H21ClN6O3. The lowest BCUT2D eigenvalue weighted by atomic mass is 10.2. The second kappa shape index (κ2) is 9.00. The predicted molar refractivity (Wildman–Crippen MR) is 111 cm³/mol. The third kappa shape index (κ3) is 4.46. The Morgan fingerprint density at radius 3 is 2.70 bits per heavy atom. The van der Waals surface area contributed by atoms with Crippen molar-refractivity contribution >= 4 is 23.5 Å². The molecule has 1 aromatic carbocycles. The first kappa shape index (κ1) is 20.0. The summed E-state index contributed by atoms with van der Waals surface area (Å²) in [7, 11) is 1.72. The molecule has 1 saturated heterocycles. The molecule has 0 aliphatic carbocycles. The van der Waals surface area contributed by atoms with Gasteiger partial charge in [-0.1, -0.05) is 28.9 Å². The van der Waals surface area contributed by atoms with Crippen LogP contribution in [0.5, 0.6) is 0 Å². The summed E-state index contributed by atoms with van der Waals surface area (Å²) in [6, 6.07) is 10.7. The van der Waals surface area contributed by atoms with E-state index < -0.39 is 0 Å². The number of piperazine rings is 1. The highest BCUT2D eigenvalue weighted by Gasteiger charge is 2.25. The summed E-state index contributed by atoms with van der Waals surface area (Å²) < 4.78 is 10.5. The molecule has 0 atom stereocenters. The largest absolute Gasteiger partial charge is 0.459 e. The predicted octanol–water partition coefficient (Wildman–Crippen LogP) is 2.52. The molecule has 156 valence electrons. The van der Waals surface area contributed by atoms with Crippen LogP contribution < -0.4 is 5.32 Å². The van der Waals surface area contributed by atoms with Crippen LogP contribution in [0.2, 0.25) is 5.02 Å². The lowest BCUT2D eigenvalue weighted by Crippen LogP contribution is -2.53. The highest BCUT2D eigenvalue weighted by atomic mass is 35.5. The molecule has 0 bridgehead atoms. The zero-order chi connectivity index (χ0) is 20.9. The number of benzene rings is 1. The van der Waals surface area contributed by atoms with Gasteiger partial charge in [0.15, 0.2) is 11.7 Å². The van der Waals surface area contributed by atoms with Gasteiger partial charge in [-0.15, -0.1) is 0 Å². The van der Waals surface area contributed by atoms with Gasteiger partial charge in [-0.05, 0) is 24.3 Å². The minimum absolute atomic E-state index is 0.0954. The zero-order valence-corrected chi connectivity index (χ0v) is 17.2. The van der Waals surface area contributed by atoms with Crippen molar-refractivity contribution < 1.29 is 13.7 Å². The van der Waals surface area contributed by atoms with Crippen molar-refractivity contribution in [2.75, 3.05) is 33.2 Å². The second-order valence-electron chi connectivity index (χ2n) is 6.68. The van der Waals surface area contributed by atoms with E-state index in [0.717, 1.165) is 5.56 Å².